The first-order chi connectivity index (χ1) is 18.2. The number of nitrogens with one attached hydrogen (secondary N) is 1. The van der Waals surface area contributed by atoms with Gasteiger partial charge < -0.3 is 19.4 Å². The number of carbonyl (C=O) groups is 4. The highest BCUT2D eigenvalue weighted by atomic mass is 16.6. The van der Waals surface area contributed by atoms with E-state index in [0.29, 0.717) is 29.9 Å². The van der Waals surface area contributed by atoms with E-state index in [1.165, 1.54) is 11.9 Å². The fraction of sp³-hybridized carbons (Fsp3) is 0.533. The van der Waals surface area contributed by atoms with Crippen molar-refractivity contribution in [3.05, 3.63) is 59.5 Å². The van der Waals surface area contributed by atoms with Gasteiger partial charge in [0, 0.05) is 12.6 Å². The summed E-state index contributed by atoms with van der Waals surface area (Å²) in [6.07, 6.45) is 0.387. The molecule has 0 radical (unpaired) electrons. The third kappa shape index (κ3) is 7.07. The van der Waals surface area contributed by atoms with Crippen LogP contribution < -0.4 is 5.32 Å². The fourth-order valence-corrected chi connectivity index (χ4v) is 4.70. The standard InChI is InChI=1S/C30H41N3O6/c1-18(2)25(31-27(35)20(4)32(8)29(37)39-30(5,6)7)28(36)33-22(24-17-14-19(3)38-24)15-16-23(33)26(34)21-12-10-9-11-13-21/h9-14,17-18,20,22-23,25H,15-16H2,1-8H3,(H,31,35)/t20-,22+,23-,25-/m0/s1. The van der Waals surface area contributed by atoms with E-state index in [2.05, 4.69) is 5.32 Å². The quantitative estimate of drug-likeness (QED) is 0.478. The summed E-state index contributed by atoms with van der Waals surface area (Å²) >= 11 is 0. The van der Waals surface area contributed by atoms with Crippen LogP contribution >= 0.6 is 0 Å². The maximum Gasteiger partial charge on any atom is 0.410 e. The molecule has 0 aliphatic carbocycles. The number of benzene rings is 1. The summed E-state index contributed by atoms with van der Waals surface area (Å²) in [5, 5.41) is 2.85. The Hall–Kier alpha value is -3.62. The van der Waals surface area contributed by atoms with Gasteiger partial charge in [-0.3, -0.25) is 19.3 Å². The van der Waals surface area contributed by atoms with E-state index in [9.17, 15) is 19.2 Å². The van der Waals surface area contributed by atoms with E-state index < -0.39 is 41.8 Å². The molecule has 1 saturated heterocycles. The molecule has 4 atom stereocenters. The van der Waals surface area contributed by atoms with Gasteiger partial charge in [0.15, 0.2) is 5.78 Å². The van der Waals surface area contributed by atoms with Crippen LogP contribution in [-0.2, 0) is 14.3 Å². The number of rotatable bonds is 8. The highest BCUT2D eigenvalue weighted by molar-refractivity contribution is 6.03. The molecule has 0 bridgehead atoms. The van der Waals surface area contributed by atoms with E-state index >= 15 is 0 Å². The lowest BCUT2D eigenvalue weighted by Crippen LogP contribution is -2.57. The number of furan rings is 1. The predicted octanol–water partition coefficient (Wildman–Crippen LogP) is 4.90. The summed E-state index contributed by atoms with van der Waals surface area (Å²) in [6, 6.07) is 9.62. The number of amides is 3. The summed E-state index contributed by atoms with van der Waals surface area (Å²) in [5.74, 6) is 0.0235. The molecule has 9 heteroatoms. The van der Waals surface area contributed by atoms with Crippen molar-refractivity contribution in [3.63, 3.8) is 0 Å². The van der Waals surface area contributed by atoms with Crippen LogP contribution in [-0.4, -0.2) is 64.3 Å². The monoisotopic (exact) mass is 539 g/mol. The Balaban J connectivity index is 1.88. The Labute approximate surface area is 230 Å². The number of hydrogen-bond acceptors (Lipinski definition) is 6. The van der Waals surface area contributed by atoms with Crippen LogP contribution in [0.3, 0.4) is 0 Å². The van der Waals surface area contributed by atoms with Crippen molar-refractivity contribution in [2.24, 2.45) is 5.92 Å². The normalized spacial score (nSPS) is 18.9. The first-order valence-corrected chi connectivity index (χ1v) is 13.4. The van der Waals surface area contributed by atoms with Crippen LogP contribution in [0.2, 0.25) is 0 Å². The number of nitrogens with zero attached hydrogens (tertiary/aromatic N) is 2. The molecule has 3 amide bonds. The van der Waals surface area contributed by atoms with Gasteiger partial charge in [-0.05, 0) is 65.5 Å². The highest BCUT2D eigenvalue weighted by Crippen LogP contribution is 2.39. The van der Waals surface area contributed by atoms with Crippen LogP contribution in [0, 0.1) is 12.8 Å². The van der Waals surface area contributed by atoms with Crippen LogP contribution in [0.25, 0.3) is 0 Å². The zero-order valence-electron chi connectivity index (χ0n) is 24.2. The van der Waals surface area contributed by atoms with Crippen LogP contribution in [0.5, 0.6) is 0 Å². The minimum Gasteiger partial charge on any atom is -0.464 e. The van der Waals surface area contributed by atoms with Crippen molar-refractivity contribution in [2.75, 3.05) is 7.05 Å². The molecular weight excluding hydrogens is 498 g/mol. The van der Waals surface area contributed by atoms with Gasteiger partial charge in [-0.15, -0.1) is 0 Å². The highest BCUT2D eigenvalue weighted by Gasteiger charge is 2.46. The minimum atomic E-state index is -0.922. The molecule has 1 fully saturated rings. The lowest BCUT2D eigenvalue weighted by Gasteiger charge is -2.35. The Morgan fingerprint density at radius 3 is 2.21 bits per heavy atom. The summed E-state index contributed by atoms with van der Waals surface area (Å²) in [5.41, 5.74) is -0.193. The van der Waals surface area contributed by atoms with Crippen LogP contribution in [0.15, 0.2) is 46.9 Å². The molecule has 1 aromatic heterocycles. The van der Waals surface area contributed by atoms with Gasteiger partial charge in [-0.2, -0.15) is 0 Å². The summed E-state index contributed by atoms with van der Waals surface area (Å²) in [7, 11) is 1.48. The lowest BCUT2D eigenvalue weighted by molar-refractivity contribution is -0.140. The third-order valence-corrected chi connectivity index (χ3v) is 6.96. The first-order valence-electron chi connectivity index (χ1n) is 13.4. The number of Topliss-reactive ketones (excluding diaryl/α,β-unsaturated/α-hetero) is 1. The minimum absolute atomic E-state index is 0.151. The van der Waals surface area contributed by atoms with Crippen molar-refractivity contribution in [2.45, 2.75) is 91.1 Å². The Morgan fingerprint density at radius 2 is 1.67 bits per heavy atom. The van der Waals surface area contributed by atoms with Crippen LogP contribution in [0.4, 0.5) is 4.79 Å². The maximum atomic E-state index is 14.2. The average Bonchev–Trinajstić information content (AvgIpc) is 3.51. The van der Waals surface area contributed by atoms with Gasteiger partial charge in [0.1, 0.15) is 29.2 Å². The van der Waals surface area contributed by atoms with E-state index in [4.69, 9.17) is 9.15 Å². The Kier molecular flexibility index (Phi) is 9.25. The molecule has 3 rings (SSSR count). The van der Waals surface area contributed by atoms with Crippen molar-refractivity contribution < 1.29 is 28.3 Å². The molecule has 212 valence electrons. The van der Waals surface area contributed by atoms with Crippen molar-refractivity contribution in [1.29, 1.82) is 0 Å². The van der Waals surface area contributed by atoms with E-state index in [1.54, 1.807) is 56.9 Å². The Bertz CT molecular complexity index is 1180. The topological polar surface area (TPSA) is 109 Å². The first kappa shape index (κ1) is 29.9. The van der Waals surface area contributed by atoms with Gasteiger partial charge in [-0.1, -0.05) is 44.2 Å². The van der Waals surface area contributed by atoms with E-state index in [-0.39, 0.29) is 17.6 Å². The lowest BCUT2D eigenvalue weighted by atomic mass is 9.98. The van der Waals surface area contributed by atoms with Crippen molar-refractivity contribution in [3.8, 4) is 0 Å². The van der Waals surface area contributed by atoms with Gasteiger partial charge in [0.25, 0.3) is 0 Å². The number of likely N-dealkylation sites (N-methyl/N-ethyl adjacent to an activating group) is 1. The van der Waals surface area contributed by atoms with E-state index in [1.807, 2.05) is 39.0 Å². The predicted molar refractivity (Wildman–Crippen MR) is 147 cm³/mol. The molecule has 1 aromatic carbocycles. The molecule has 1 aliphatic rings. The van der Waals surface area contributed by atoms with Crippen molar-refractivity contribution >= 4 is 23.7 Å². The zero-order chi connectivity index (χ0) is 29.1. The number of likely N-dealkylation sites (tertiary alicyclic amines) is 1. The van der Waals surface area contributed by atoms with Crippen LogP contribution in [0.1, 0.15) is 82.3 Å². The summed E-state index contributed by atoms with van der Waals surface area (Å²) in [4.78, 5) is 56.3. The molecule has 39 heavy (non-hydrogen) atoms. The van der Waals surface area contributed by atoms with Gasteiger partial charge in [0.05, 0.1) is 12.1 Å². The van der Waals surface area contributed by atoms with Gasteiger partial charge in [-0.25, -0.2) is 4.79 Å². The Morgan fingerprint density at radius 1 is 1.03 bits per heavy atom. The number of ketones is 1. The number of ether oxygens (including phenoxy) is 1. The molecular formula is C30H41N3O6. The average molecular weight is 540 g/mol. The van der Waals surface area contributed by atoms with Gasteiger partial charge in [0.2, 0.25) is 11.8 Å². The second kappa shape index (κ2) is 12.1. The molecule has 2 heterocycles. The van der Waals surface area contributed by atoms with E-state index in [0.717, 1.165) is 0 Å². The molecule has 2 aromatic rings. The number of aryl methyl sites for hydroxylation is 1. The summed E-state index contributed by atoms with van der Waals surface area (Å²) < 4.78 is 11.3. The molecule has 9 nitrogen and oxygen atoms in total. The SMILES string of the molecule is Cc1ccc([C@H]2CC[C@@H](C(=O)c3ccccc3)N2C(=O)[C@@H](NC(=O)[C@H](C)N(C)C(=O)OC(C)(C)C)C(C)C)o1. The number of carbonyl (C=O) groups excluding carboxylic acids is 4. The fourth-order valence-electron chi connectivity index (χ4n) is 4.70. The second-order valence-corrected chi connectivity index (χ2v) is 11.5. The zero-order valence-corrected chi connectivity index (χ0v) is 24.2. The molecule has 0 saturated carbocycles. The summed E-state index contributed by atoms with van der Waals surface area (Å²) in [6.45, 7) is 12.3. The smallest absolute Gasteiger partial charge is 0.410 e. The molecule has 0 unspecified atom stereocenters. The van der Waals surface area contributed by atoms with Crippen molar-refractivity contribution in [1.82, 2.24) is 15.1 Å². The van der Waals surface area contributed by atoms with Gasteiger partial charge >= 0.3 is 6.09 Å². The molecule has 0 spiro atoms. The molecule has 1 aliphatic heterocycles. The maximum absolute atomic E-state index is 14.2. The second-order valence-electron chi connectivity index (χ2n) is 11.5. The third-order valence-electron chi connectivity index (χ3n) is 6.96. The largest absolute Gasteiger partial charge is 0.464 e. The number of hydrogen-bond donors (Lipinski definition) is 1. The molecule has 1 N–H and O–H groups in total.